The van der Waals surface area contributed by atoms with Crippen LogP contribution < -0.4 is 4.74 Å². The molecule has 0 bridgehead atoms. The van der Waals surface area contributed by atoms with Crippen LogP contribution >= 0.6 is 0 Å². The summed E-state index contributed by atoms with van der Waals surface area (Å²) in [6, 6.07) is 3.66. The normalized spacial score (nSPS) is 14.0. The lowest BCUT2D eigenvalue weighted by atomic mass is 9.87. The van der Waals surface area contributed by atoms with Crippen LogP contribution in [0.3, 0.4) is 0 Å². The molecule has 1 nitrogen and oxygen atoms in total. The summed E-state index contributed by atoms with van der Waals surface area (Å²) in [6.07, 6.45) is -3.55. The molecule has 0 fully saturated rings. The molecule has 1 aromatic rings. The van der Waals surface area contributed by atoms with Crippen LogP contribution in [0.4, 0.5) is 13.2 Å². The topological polar surface area (TPSA) is 9.23 Å². The van der Waals surface area contributed by atoms with Crippen molar-refractivity contribution in [2.45, 2.75) is 46.2 Å². The Hall–Kier alpha value is -1.63. The van der Waals surface area contributed by atoms with Gasteiger partial charge in [-0.05, 0) is 43.0 Å². The first-order chi connectivity index (χ1) is 9.81. The van der Waals surface area contributed by atoms with Crippen LogP contribution in [0.25, 0.3) is 0 Å². The lowest BCUT2D eigenvalue weighted by molar-refractivity contribution is -0.137. The molecule has 0 saturated carbocycles. The second kappa shape index (κ2) is 7.40. The van der Waals surface area contributed by atoms with E-state index in [1.165, 1.54) is 12.1 Å². The highest BCUT2D eigenvalue weighted by Crippen LogP contribution is 2.37. The Kier molecular flexibility index (Phi) is 6.14. The zero-order valence-corrected chi connectivity index (χ0v) is 12.8. The van der Waals surface area contributed by atoms with Crippen molar-refractivity contribution in [1.82, 2.24) is 0 Å². The van der Waals surface area contributed by atoms with Crippen molar-refractivity contribution in [3.63, 3.8) is 0 Å². The zero-order chi connectivity index (χ0) is 16.0. The molecule has 4 heteroatoms. The molecule has 21 heavy (non-hydrogen) atoms. The minimum Gasteiger partial charge on any atom is -0.493 e. The summed E-state index contributed by atoms with van der Waals surface area (Å²) in [5.41, 5.74) is -0.0848. The molecule has 1 rings (SSSR count). The van der Waals surface area contributed by atoms with Crippen LogP contribution in [-0.4, -0.2) is 6.61 Å². The highest BCUT2D eigenvalue weighted by molar-refractivity contribution is 5.41. The summed E-state index contributed by atoms with van der Waals surface area (Å²) in [4.78, 5) is 0. The van der Waals surface area contributed by atoms with E-state index in [9.17, 15) is 13.2 Å². The maximum atomic E-state index is 12.9. The highest BCUT2D eigenvalue weighted by Gasteiger charge is 2.32. The Balaban J connectivity index is 3.23. The van der Waals surface area contributed by atoms with Crippen molar-refractivity contribution in [3.05, 3.63) is 29.3 Å². The van der Waals surface area contributed by atoms with Gasteiger partial charge in [-0.3, -0.25) is 0 Å². The third-order valence-corrected chi connectivity index (χ3v) is 3.41. The minimum absolute atomic E-state index is 0.0394. The Labute approximate surface area is 124 Å². The number of ether oxygens (including phenoxy) is 1. The van der Waals surface area contributed by atoms with E-state index in [0.29, 0.717) is 17.9 Å². The fourth-order valence-corrected chi connectivity index (χ4v) is 2.05. The second-order valence-corrected chi connectivity index (χ2v) is 5.07. The van der Waals surface area contributed by atoms with E-state index in [4.69, 9.17) is 4.74 Å². The summed E-state index contributed by atoms with van der Waals surface area (Å²) >= 11 is 0. The van der Waals surface area contributed by atoms with Gasteiger partial charge in [0, 0.05) is 5.92 Å². The summed E-state index contributed by atoms with van der Waals surface area (Å²) in [5.74, 6) is 6.15. The zero-order valence-electron chi connectivity index (χ0n) is 12.8. The highest BCUT2D eigenvalue weighted by atomic mass is 19.4. The molecule has 0 heterocycles. The lowest BCUT2D eigenvalue weighted by Gasteiger charge is -2.21. The number of rotatable bonds is 5. The van der Waals surface area contributed by atoms with Crippen molar-refractivity contribution in [1.29, 1.82) is 0 Å². The van der Waals surface area contributed by atoms with Gasteiger partial charge < -0.3 is 4.74 Å². The molecule has 0 aliphatic heterocycles. The molecule has 0 amide bonds. The Morgan fingerprint density at radius 3 is 2.43 bits per heavy atom. The van der Waals surface area contributed by atoms with Crippen molar-refractivity contribution in [3.8, 4) is 17.6 Å². The fraction of sp³-hybridized carbons (Fsp3) is 0.529. The van der Waals surface area contributed by atoms with Crippen LogP contribution in [0, 0.1) is 17.8 Å². The molecular formula is C17H21F3O. The molecule has 0 N–H and O–H groups in total. The molecule has 0 aliphatic rings. The molecular weight excluding hydrogens is 277 g/mol. The SMILES string of the molecule is CC#CC(C)C(C)c1cc(C(F)(F)F)ccc1OCCC. The predicted octanol–water partition coefficient (Wildman–Crippen LogP) is 5.26. The molecule has 0 radical (unpaired) electrons. The lowest BCUT2D eigenvalue weighted by Crippen LogP contribution is -2.11. The van der Waals surface area contributed by atoms with Gasteiger partial charge in [-0.1, -0.05) is 26.7 Å². The summed E-state index contributed by atoms with van der Waals surface area (Å²) < 4.78 is 44.3. The largest absolute Gasteiger partial charge is 0.493 e. The van der Waals surface area contributed by atoms with Crippen molar-refractivity contribution in [2.24, 2.45) is 5.92 Å². The van der Waals surface area contributed by atoms with E-state index in [1.807, 2.05) is 20.8 Å². The van der Waals surface area contributed by atoms with Crippen molar-refractivity contribution in [2.75, 3.05) is 6.61 Å². The van der Waals surface area contributed by atoms with Crippen LogP contribution in [0.2, 0.25) is 0 Å². The van der Waals surface area contributed by atoms with Crippen LogP contribution in [0.1, 0.15) is 51.2 Å². The van der Waals surface area contributed by atoms with Gasteiger partial charge in [-0.2, -0.15) is 13.2 Å². The molecule has 0 saturated heterocycles. The van der Waals surface area contributed by atoms with E-state index >= 15 is 0 Å². The number of alkyl halides is 3. The van der Waals surface area contributed by atoms with Gasteiger partial charge in [0.1, 0.15) is 5.75 Å². The van der Waals surface area contributed by atoms with Gasteiger partial charge in [0.2, 0.25) is 0 Å². The maximum absolute atomic E-state index is 12.9. The first-order valence-corrected chi connectivity index (χ1v) is 7.07. The monoisotopic (exact) mass is 298 g/mol. The summed E-state index contributed by atoms with van der Waals surface area (Å²) in [5, 5.41) is 0. The Bertz CT molecular complexity index is 523. The molecule has 0 aromatic heterocycles. The first kappa shape index (κ1) is 17.4. The number of halogens is 3. The van der Waals surface area contributed by atoms with E-state index in [2.05, 4.69) is 11.8 Å². The second-order valence-electron chi connectivity index (χ2n) is 5.07. The third-order valence-electron chi connectivity index (χ3n) is 3.41. The Morgan fingerprint density at radius 1 is 1.24 bits per heavy atom. The van der Waals surface area contributed by atoms with Gasteiger partial charge in [0.05, 0.1) is 12.2 Å². The fourth-order valence-electron chi connectivity index (χ4n) is 2.05. The third kappa shape index (κ3) is 4.70. The van der Waals surface area contributed by atoms with Gasteiger partial charge in [-0.15, -0.1) is 5.92 Å². The summed E-state index contributed by atoms with van der Waals surface area (Å²) in [6.45, 7) is 7.95. The number of hydrogen-bond acceptors (Lipinski definition) is 1. The predicted molar refractivity (Wildman–Crippen MR) is 78.3 cm³/mol. The number of hydrogen-bond donors (Lipinski definition) is 0. The first-order valence-electron chi connectivity index (χ1n) is 7.07. The average molecular weight is 298 g/mol. The van der Waals surface area contributed by atoms with Crippen LogP contribution in [0.5, 0.6) is 5.75 Å². The van der Waals surface area contributed by atoms with Gasteiger partial charge >= 0.3 is 6.18 Å². The van der Waals surface area contributed by atoms with Crippen molar-refractivity contribution < 1.29 is 17.9 Å². The molecule has 0 spiro atoms. The van der Waals surface area contributed by atoms with E-state index in [0.717, 1.165) is 12.5 Å². The maximum Gasteiger partial charge on any atom is 0.416 e. The summed E-state index contributed by atoms with van der Waals surface area (Å²) in [7, 11) is 0. The molecule has 0 aliphatic carbocycles. The van der Waals surface area contributed by atoms with Gasteiger partial charge in [0.15, 0.2) is 0 Å². The molecule has 116 valence electrons. The van der Waals surface area contributed by atoms with Crippen LogP contribution in [0.15, 0.2) is 18.2 Å². The van der Waals surface area contributed by atoms with E-state index in [-0.39, 0.29) is 11.8 Å². The standard InChI is InChI=1S/C17H21F3O/c1-5-7-12(3)13(4)15-11-14(17(18,19)20)8-9-16(15)21-10-6-2/h8-9,11-13H,6,10H2,1-4H3. The Morgan fingerprint density at radius 2 is 1.90 bits per heavy atom. The molecule has 2 unspecified atom stereocenters. The van der Waals surface area contributed by atoms with Gasteiger partial charge in [0.25, 0.3) is 0 Å². The van der Waals surface area contributed by atoms with E-state index in [1.54, 1.807) is 6.92 Å². The van der Waals surface area contributed by atoms with Crippen LogP contribution in [-0.2, 0) is 6.18 Å². The van der Waals surface area contributed by atoms with E-state index < -0.39 is 11.7 Å². The molecule has 2 atom stereocenters. The quantitative estimate of drug-likeness (QED) is 0.674. The minimum atomic E-state index is -4.35. The van der Waals surface area contributed by atoms with Crippen molar-refractivity contribution >= 4 is 0 Å². The molecule has 1 aromatic carbocycles. The number of benzene rings is 1. The average Bonchev–Trinajstić information content (AvgIpc) is 2.43. The smallest absolute Gasteiger partial charge is 0.416 e. The van der Waals surface area contributed by atoms with Gasteiger partial charge in [-0.25, -0.2) is 0 Å².